The first kappa shape index (κ1) is 17.0. The van der Waals surface area contributed by atoms with Crippen molar-refractivity contribution in [1.29, 1.82) is 0 Å². The predicted molar refractivity (Wildman–Crippen MR) is 62.7 cm³/mol. The highest BCUT2D eigenvalue weighted by Gasteiger charge is 2.51. The van der Waals surface area contributed by atoms with Crippen LogP contribution in [0.3, 0.4) is 0 Å². The fraction of sp³-hybridized carbons (Fsp3) is 1.00. The molecule has 10 heteroatoms. The molecule has 1 saturated heterocycles. The van der Waals surface area contributed by atoms with Crippen molar-refractivity contribution >= 4 is 0 Å². The first-order valence-electron chi connectivity index (χ1n) is 6.47. The molecule has 2 rings (SSSR count). The van der Waals surface area contributed by atoms with Crippen molar-refractivity contribution in [2.24, 2.45) is 0 Å². The summed E-state index contributed by atoms with van der Waals surface area (Å²) in [5, 5.41) is 76.6. The van der Waals surface area contributed by atoms with Crippen LogP contribution in [0.1, 0.15) is 0 Å². The zero-order valence-corrected chi connectivity index (χ0v) is 10.9. The summed E-state index contributed by atoms with van der Waals surface area (Å²) in [5.74, 6) is 0. The normalized spacial score (nSPS) is 55.4. The fourth-order valence-corrected chi connectivity index (χ4v) is 2.41. The summed E-state index contributed by atoms with van der Waals surface area (Å²) in [4.78, 5) is 0. The Morgan fingerprint density at radius 2 is 1.10 bits per heavy atom. The van der Waals surface area contributed by atoms with E-state index in [1.807, 2.05) is 0 Å². The molecule has 2 fully saturated rings. The molecular formula is C11H20O10. The Labute approximate surface area is 119 Å². The molecule has 124 valence electrons. The summed E-state index contributed by atoms with van der Waals surface area (Å²) in [7, 11) is 0. The van der Waals surface area contributed by atoms with Crippen LogP contribution in [0.15, 0.2) is 0 Å². The highest BCUT2D eigenvalue weighted by atomic mass is 16.7. The van der Waals surface area contributed by atoms with Crippen molar-refractivity contribution < 1.29 is 50.3 Å². The van der Waals surface area contributed by atoms with E-state index < -0.39 is 61.2 Å². The zero-order chi connectivity index (χ0) is 15.9. The van der Waals surface area contributed by atoms with Gasteiger partial charge in [-0.05, 0) is 0 Å². The molecule has 1 unspecified atom stereocenters. The third-order valence-corrected chi connectivity index (χ3v) is 3.82. The maximum Gasteiger partial charge on any atom is 0.186 e. The summed E-state index contributed by atoms with van der Waals surface area (Å²) >= 11 is 0. The summed E-state index contributed by atoms with van der Waals surface area (Å²) in [6.07, 6.45) is -16.4. The van der Waals surface area contributed by atoms with Gasteiger partial charge in [-0.15, -0.1) is 0 Å². The molecule has 0 aromatic rings. The van der Waals surface area contributed by atoms with Crippen LogP contribution in [0.25, 0.3) is 0 Å². The van der Waals surface area contributed by atoms with Crippen molar-refractivity contribution in [2.75, 3.05) is 6.61 Å². The van der Waals surface area contributed by atoms with Crippen molar-refractivity contribution in [3.05, 3.63) is 0 Å². The van der Waals surface area contributed by atoms with Crippen LogP contribution < -0.4 is 0 Å². The van der Waals surface area contributed by atoms with Gasteiger partial charge in [-0.1, -0.05) is 0 Å². The van der Waals surface area contributed by atoms with E-state index in [0.717, 1.165) is 0 Å². The fourth-order valence-electron chi connectivity index (χ4n) is 2.41. The van der Waals surface area contributed by atoms with E-state index in [1.54, 1.807) is 0 Å². The predicted octanol–water partition coefficient (Wildman–Crippen LogP) is -5.37. The van der Waals surface area contributed by atoms with Crippen LogP contribution in [0.4, 0.5) is 0 Å². The van der Waals surface area contributed by atoms with Crippen LogP contribution in [0.2, 0.25) is 0 Å². The molecule has 8 N–H and O–H groups in total. The third kappa shape index (κ3) is 3.05. The highest BCUT2D eigenvalue weighted by molar-refractivity contribution is 5.00. The van der Waals surface area contributed by atoms with Gasteiger partial charge < -0.3 is 50.3 Å². The molecule has 1 aliphatic heterocycles. The maximum atomic E-state index is 9.78. The minimum atomic E-state index is -1.77. The lowest BCUT2D eigenvalue weighted by Gasteiger charge is -2.44. The molecule has 1 aliphatic carbocycles. The summed E-state index contributed by atoms with van der Waals surface area (Å²) in [6, 6.07) is 0. The van der Waals surface area contributed by atoms with Gasteiger partial charge in [-0.25, -0.2) is 0 Å². The number of ether oxygens (including phenoxy) is 2. The lowest BCUT2D eigenvalue weighted by molar-refractivity contribution is -0.320. The van der Waals surface area contributed by atoms with Crippen LogP contribution >= 0.6 is 0 Å². The quantitative estimate of drug-likeness (QED) is 0.245. The van der Waals surface area contributed by atoms with Gasteiger partial charge in [-0.2, -0.15) is 0 Å². The average molecular weight is 312 g/mol. The first-order chi connectivity index (χ1) is 9.75. The molecule has 10 atom stereocenters. The largest absolute Gasteiger partial charge is 0.388 e. The van der Waals surface area contributed by atoms with Gasteiger partial charge in [0.05, 0.1) is 6.61 Å². The van der Waals surface area contributed by atoms with Crippen molar-refractivity contribution in [3.8, 4) is 0 Å². The van der Waals surface area contributed by atoms with Gasteiger partial charge in [0.25, 0.3) is 0 Å². The molecule has 0 bridgehead atoms. The number of aliphatic hydroxyl groups is 8. The zero-order valence-electron chi connectivity index (χ0n) is 10.9. The standard InChI is InChI=1S/C11H20O10/c12-2-1-20-11(9(19)3(2)13)21-10-7(17)5(15)4(14)6(16)8(10)18/h2-19H,1H2/t2-,3-,4-,5-,6+,7+,8+,9+,10-,11?/m1/s1. The third-order valence-electron chi connectivity index (χ3n) is 3.82. The first-order valence-corrected chi connectivity index (χ1v) is 6.47. The molecule has 0 radical (unpaired) electrons. The van der Waals surface area contributed by atoms with E-state index in [4.69, 9.17) is 9.47 Å². The summed E-state index contributed by atoms with van der Waals surface area (Å²) in [5.41, 5.74) is 0. The van der Waals surface area contributed by atoms with E-state index >= 15 is 0 Å². The monoisotopic (exact) mass is 312 g/mol. The van der Waals surface area contributed by atoms with Gasteiger partial charge >= 0.3 is 0 Å². The second-order valence-corrected chi connectivity index (χ2v) is 5.30. The van der Waals surface area contributed by atoms with E-state index in [1.165, 1.54) is 0 Å². The van der Waals surface area contributed by atoms with Gasteiger partial charge in [0.2, 0.25) is 0 Å². The molecule has 0 aromatic carbocycles. The van der Waals surface area contributed by atoms with E-state index in [-0.39, 0.29) is 6.61 Å². The van der Waals surface area contributed by atoms with Crippen LogP contribution in [0.5, 0.6) is 0 Å². The van der Waals surface area contributed by atoms with Crippen molar-refractivity contribution in [2.45, 2.75) is 61.2 Å². The molecule has 2 aliphatic rings. The Balaban J connectivity index is 2.07. The van der Waals surface area contributed by atoms with E-state index in [0.29, 0.717) is 0 Å². The Kier molecular flexibility index (Phi) is 5.15. The van der Waals surface area contributed by atoms with Crippen molar-refractivity contribution in [3.63, 3.8) is 0 Å². The highest BCUT2D eigenvalue weighted by Crippen LogP contribution is 2.27. The van der Waals surface area contributed by atoms with Crippen LogP contribution in [-0.2, 0) is 9.47 Å². The molecule has 1 saturated carbocycles. The SMILES string of the molecule is O[C@@H]1[C@@H](O)[C@H](O)[C@@H](OC2OC[C@@H](O)[C@@H](O)[C@@H]2O)[C@@H](O)[C@H]1O. The van der Waals surface area contributed by atoms with Gasteiger partial charge in [0.15, 0.2) is 6.29 Å². The number of aliphatic hydroxyl groups excluding tert-OH is 8. The molecule has 0 spiro atoms. The van der Waals surface area contributed by atoms with Crippen LogP contribution in [-0.4, -0.2) is 109 Å². The van der Waals surface area contributed by atoms with Gasteiger partial charge in [0, 0.05) is 0 Å². The van der Waals surface area contributed by atoms with Gasteiger partial charge in [0.1, 0.15) is 54.9 Å². The van der Waals surface area contributed by atoms with Crippen molar-refractivity contribution in [1.82, 2.24) is 0 Å². The lowest BCUT2D eigenvalue weighted by atomic mass is 9.85. The summed E-state index contributed by atoms with van der Waals surface area (Å²) in [6.45, 7) is -0.352. The second-order valence-electron chi connectivity index (χ2n) is 5.30. The van der Waals surface area contributed by atoms with E-state index in [9.17, 15) is 40.9 Å². The van der Waals surface area contributed by atoms with E-state index in [2.05, 4.69) is 0 Å². The number of hydrogen-bond donors (Lipinski definition) is 8. The van der Waals surface area contributed by atoms with Crippen LogP contribution in [0, 0.1) is 0 Å². The Morgan fingerprint density at radius 3 is 1.62 bits per heavy atom. The smallest absolute Gasteiger partial charge is 0.186 e. The number of hydrogen-bond acceptors (Lipinski definition) is 10. The molecule has 0 aromatic heterocycles. The summed E-state index contributed by atoms with van der Waals surface area (Å²) < 4.78 is 10.0. The molecule has 10 nitrogen and oxygen atoms in total. The lowest BCUT2D eigenvalue weighted by Crippen LogP contribution is -2.66. The number of rotatable bonds is 2. The Morgan fingerprint density at radius 1 is 0.619 bits per heavy atom. The minimum absolute atomic E-state index is 0.352. The van der Waals surface area contributed by atoms with Gasteiger partial charge in [-0.3, -0.25) is 0 Å². The molecule has 1 heterocycles. The minimum Gasteiger partial charge on any atom is -0.388 e. The topological polar surface area (TPSA) is 180 Å². The second kappa shape index (κ2) is 6.38. The Hall–Kier alpha value is -0.400. The molecule has 21 heavy (non-hydrogen) atoms. The maximum absolute atomic E-state index is 9.78. The molecular weight excluding hydrogens is 292 g/mol. The Bertz CT molecular complexity index is 338. The average Bonchev–Trinajstić information content (AvgIpc) is 2.47. The molecule has 0 amide bonds.